The number of benzene rings is 1. The van der Waals surface area contributed by atoms with E-state index in [4.69, 9.17) is 16.3 Å². The van der Waals surface area contributed by atoms with Crippen molar-refractivity contribution < 1.29 is 9.53 Å². The van der Waals surface area contributed by atoms with Crippen molar-refractivity contribution in [1.29, 1.82) is 0 Å². The van der Waals surface area contributed by atoms with Crippen LogP contribution < -0.4 is 5.56 Å². The van der Waals surface area contributed by atoms with Crippen LogP contribution in [0.3, 0.4) is 0 Å². The number of thiophene rings is 1. The number of rotatable bonds is 3. The van der Waals surface area contributed by atoms with E-state index in [-0.39, 0.29) is 12.2 Å². The van der Waals surface area contributed by atoms with Crippen molar-refractivity contribution in [3.63, 3.8) is 0 Å². The third-order valence-corrected chi connectivity index (χ3v) is 5.73. The number of ether oxygens (including phenoxy) is 1. The minimum Gasteiger partial charge on any atom is -0.454 e. The fourth-order valence-corrected chi connectivity index (χ4v) is 4.49. The normalized spacial score (nSPS) is 13.6. The van der Waals surface area contributed by atoms with Crippen molar-refractivity contribution in [3.05, 3.63) is 61.5 Å². The van der Waals surface area contributed by atoms with E-state index in [0.717, 1.165) is 36.1 Å². The number of hydrogen-bond donors (Lipinski definition) is 1. The highest BCUT2D eigenvalue weighted by atomic mass is 35.5. The van der Waals surface area contributed by atoms with Crippen LogP contribution in [0.15, 0.2) is 29.1 Å². The molecular weight excluding hydrogens is 360 g/mol. The van der Waals surface area contributed by atoms with Crippen LogP contribution in [-0.2, 0) is 24.2 Å². The lowest BCUT2D eigenvalue weighted by molar-refractivity contribution is 0.0462. The van der Waals surface area contributed by atoms with E-state index >= 15 is 0 Å². The highest BCUT2D eigenvalue weighted by molar-refractivity contribution is 7.18. The molecule has 0 bridgehead atoms. The molecule has 25 heavy (non-hydrogen) atoms. The summed E-state index contributed by atoms with van der Waals surface area (Å²) in [5, 5.41) is 1.25. The van der Waals surface area contributed by atoms with Gasteiger partial charge in [-0.1, -0.05) is 11.6 Å². The first-order valence-electron chi connectivity index (χ1n) is 8.08. The van der Waals surface area contributed by atoms with Gasteiger partial charge in [0.25, 0.3) is 5.56 Å². The van der Waals surface area contributed by atoms with Crippen LogP contribution >= 0.6 is 22.9 Å². The number of fused-ring (bicyclic) bond motifs is 3. The average molecular weight is 375 g/mol. The first-order valence-corrected chi connectivity index (χ1v) is 9.27. The van der Waals surface area contributed by atoms with Crippen molar-refractivity contribution in [2.45, 2.75) is 32.3 Å². The van der Waals surface area contributed by atoms with Crippen LogP contribution in [-0.4, -0.2) is 15.9 Å². The van der Waals surface area contributed by atoms with Crippen LogP contribution in [0.5, 0.6) is 0 Å². The molecule has 0 amide bonds. The summed E-state index contributed by atoms with van der Waals surface area (Å²) in [6.07, 6.45) is 4.21. The average Bonchev–Trinajstić information content (AvgIpc) is 2.99. The van der Waals surface area contributed by atoms with E-state index in [2.05, 4.69) is 9.97 Å². The second-order valence-electron chi connectivity index (χ2n) is 5.99. The standard InChI is InChI=1S/C18H15ClN2O3S/c19-11-7-5-10(6-8-11)18(23)24-9-14-20-16(22)15-12-3-1-2-4-13(12)25-17(15)21-14/h5-8H,1-4,9H2,(H,20,21,22). The topological polar surface area (TPSA) is 72.0 Å². The van der Waals surface area contributed by atoms with Crippen molar-refractivity contribution in [2.75, 3.05) is 0 Å². The molecule has 0 spiro atoms. The zero-order valence-electron chi connectivity index (χ0n) is 13.3. The molecule has 2 heterocycles. The Morgan fingerprint density at radius 2 is 2.00 bits per heavy atom. The molecule has 7 heteroatoms. The molecule has 1 aromatic carbocycles. The van der Waals surface area contributed by atoms with Crippen LogP contribution in [0, 0.1) is 0 Å². The molecule has 3 aromatic rings. The van der Waals surface area contributed by atoms with Crippen LogP contribution in [0.2, 0.25) is 5.02 Å². The van der Waals surface area contributed by atoms with Crippen molar-refractivity contribution >= 4 is 39.1 Å². The molecule has 1 N–H and O–H groups in total. The Morgan fingerprint density at radius 1 is 1.24 bits per heavy atom. The van der Waals surface area contributed by atoms with Gasteiger partial charge in [-0.2, -0.15) is 0 Å². The van der Waals surface area contributed by atoms with Gasteiger partial charge in [-0.3, -0.25) is 4.79 Å². The number of nitrogens with one attached hydrogen (secondary N) is 1. The fraction of sp³-hybridized carbons (Fsp3) is 0.278. The van der Waals surface area contributed by atoms with E-state index < -0.39 is 5.97 Å². The molecule has 0 atom stereocenters. The monoisotopic (exact) mass is 374 g/mol. The molecule has 0 unspecified atom stereocenters. The van der Waals surface area contributed by atoms with E-state index in [1.165, 1.54) is 4.88 Å². The van der Waals surface area contributed by atoms with Gasteiger partial charge in [-0.25, -0.2) is 9.78 Å². The Kier molecular flexibility index (Phi) is 4.31. The molecule has 0 saturated heterocycles. The number of aromatic nitrogens is 2. The number of esters is 1. The molecule has 1 aliphatic carbocycles. The second-order valence-corrected chi connectivity index (χ2v) is 7.51. The van der Waals surface area contributed by atoms with E-state index in [1.807, 2.05) is 0 Å². The van der Waals surface area contributed by atoms with Crippen LogP contribution in [0.25, 0.3) is 10.2 Å². The molecule has 0 fully saturated rings. The smallest absolute Gasteiger partial charge is 0.338 e. The number of nitrogens with zero attached hydrogens (tertiary/aromatic N) is 1. The molecule has 0 aliphatic heterocycles. The van der Waals surface area contributed by atoms with Crippen molar-refractivity contribution in [1.82, 2.24) is 9.97 Å². The lowest BCUT2D eigenvalue weighted by Crippen LogP contribution is -2.15. The second kappa shape index (κ2) is 6.61. The van der Waals surface area contributed by atoms with Gasteiger partial charge in [0.05, 0.1) is 10.9 Å². The van der Waals surface area contributed by atoms with Gasteiger partial charge in [0.2, 0.25) is 0 Å². The van der Waals surface area contributed by atoms with Crippen LogP contribution in [0.4, 0.5) is 0 Å². The summed E-state index contributed by atoms with van der Waals surface area (Å²) in [6.45, 7) is -0.0742. The lowest BCUT2D eigenvalue weighted by Gasteiger charge is -2.09. The molecule has 128 valence electrons. The Morgan fingerprint density at radius 3 is 2.80 bits per heavy atom. The van der Waals surface area contributed by atoms with Gasteiger partial charge in [0.15, 0.2) is 0 Å². The van der Waals surface area contributed by atoms with Crippen LogP contribution in [0.1, 0.15) is 39.5 Å². The highest BCUT2D eigenvalue weighted by Crippen LogP contribution is 2.33. The van der Waals surface area contributed by atoms with Gasteiger partial charge >= 0.3 is 5.97 Å². The summed E-state index contributed by atoms with van der Waals surface area (Å²) in [4.78, 5) is 33.7. The molecule has 1 aliphatic rings. The fourth-order valence-electron chi connectivity index (χ4n) is 3.08. The minimum atomic E-state index is -0.482. The predicted molar refractivity (Wildman–Crippen MR) is 97.5 cm³/mol. The van der Waals surface area contributed by atoms with Crippen molar-refractivity contribution in [2.24, 2.45) is 0 Å². The summed E-state index contributed by atoms with van der Waals surface area (Å²) in [5.74, 6) is -0.122. The summed E-state index contributed by atoms with van der Waals surface area (Å²) in [7, 11) is 0. The Balaban J connectivity index is 1.57. The van der Waals surface area contributed by atoms with Gasteiger partial charge < -0.3 is 9.72 Å². The SMILES string of the molecule is O=C(OCc1nc2sc3c(c2c(=O)[nH]1)CCCC3)c1ccc(Cl)cc1. The predicted octanol–water partition coefficient (Wildman–Crippen LogP) is 3.87. The van der Waals surface area contributed by atoms with Gasteiger partial charge in [0, 0.05) is 9.90 Å². The number of hydrogen-bond acceptors (Lipinski definition) is 5. The zero-order chi connectivity index (χ0) is 17.4. The number of carbonyl (C=O) groups excluding carboxylic acids is 1. The molecular formula is C18H15ClN2O3S. The Hall–Kier alpha value is -2.18. The maximum Gasteiger partial charge on any atom is 0.338 e. The number of aromatic amines is 1. The summed E-state index contributed by atoms with van der Waals surface area (Å²) >= 11 is 7.38. The maximum absolute atomic E-state index is 12.4. The van der Waals surface area contributed by atoms with Gasteiger partial charge in [-0.15, -0.1) is 11.3 Å². The minimum absolute atomic E-state index is 0.0742. The number of H-pyrrole nitrogens is 1. The third-order valence-electron chi connectivity index (χ3n) is 4.29. The van der Waals surface area contributed by atoms with E-state index in [9.17, 15) is 9.59 Å². The third kappa shape index (κ3) is 3.19. The Bertz CT molecular complexity index is 1010. The number of halogens is 1. The quantitative estimate of drug-likeness (QED) is 0.706. The number of carbonyl (C=O) groups is 1. The molecule has 0 saturated carbocycles. The maximum atomic E-state index is 12.4. The molecule has 2 aromatic heterocycles. The lowest BCUT2D eigenvalue weighted by atomic mass is 9.97. The summed E-state index contributed by atoms with van der Waals surface area (Å²) < 4.78 is 5.25. The first kappa shape index (κ1) is 16.3. The number of aryl methyl sites for hydroxylation is 2. The van der Waals surface area contributed by atoms with Crippen molar-refractivity contribution in [3.8, 4) is 0 Å². The van der Waals surface area contributed by atoms with E-state index in [1.54, 1.807) is 35.6 Å². The van der Waals surface area contributed by atoms with Gasteiger partial charge in [-0.05, 0) is 55.5 Å². The Labute approximate surface area is 152 Å². The largest absolute Gasteiger partial charge is 0.454 e. The molecule has 0 radical (unpaired) electrons. The summed E-state index contributed by atoms with van der Waals surface area (Å²) in [5.41, 5.74) is 1.39. The zero-order valence-corrected chi connectivity index (χ0v) is 14.9. The summed E-state index contributed by atoms with van der Waals surface area (Å²) in [6, 6.07) is 6.44. The first-order chi connectivity index (χ1) is 12.1. The van der Waals surface area contributed by atoms with Gasteiger partial charge in [0.1, 0.15) is 17.3 Å². The molecule has 4 rings (SSSR count). The molecule has 5 nitrogen and oxygen atoms in total. The highest BCUT2D eigenvalue weighted by Gasteiger charge is 2.20. The van der Waals surface area contributed by atoms with E-state index in [0.29, 0.717) is 21.8 Å².